The maximum absolute atomic E-state index is 10.9. The van der Waals surface area contributed by atoms with Gasteiger partial charge in [-0.3, -0.25) is 0 Å². The Labute approximate surface area is 125 Å². The van der Waals surface area contributed by atoms with Crippen LogP contribution in [0.5, 0.6) is 0 Å². The van der Waals surface area contributed by atoms with E-state index in [2.05, 4.69) is 0 Å². The van der Waals surface area contributed by atoms with Gasteiger partial charge in [-0.1, -0.05) is 0 Å². The molecule has 10 heteroatoms. The van der Waals surface area contributed by atoms with Crippen LogP contribution in [0.1, 0.15) is 0 Å². The van der Waals surface area contributed by atoms with Crippen LogP contribution in [0.4, 0.5) is 0 Å². The van der Waals surface area contributed by atoms with Crippen molar-refractivity contribution in [2.24, 2.45) is 5.92 Å². The number of nitrogens with zero attached hydrogens (tertiary/aromatic N) is 4. The number of hydrogen-bond acceptors (Lipinski definition) is 10. The van der Waals surface area contributed by atoms with Crippen molar-refractivity contribution in [2.45, 2.75) is 30.0 Å². The van der Waals surface area contributed by atoms with E-state index in [0.29, 0.717) is 0 Å². The molecule has 116 valence electrons. The Kier molecular flexibility index (Phi) is 7.65. The first kappa shape index (κ1) is 19.4. The highest BCUT2D eigenvalue weighted by Gasteiger charge is 2.46. The first-order valence-electron chi connectivity index (χ1n) is 5.77. The van der Waals surface area contributed by atoms with Crippen molar-refractivity contribution in [1.29, 1.82) is 21.0 Å². The van der Waals surface area contributed by atoms with Gasteiger partial charge in [-0.25, -0.2) is 0 Å². The predicted octanol–water partition coefficient (Wildman–Crippen LogP) is -2.91. The third-order valence-electron chi connectivity index (χ3n) is 2.72. The van der Waals surface area contributed by atoms with Gasteiger partial charge in [-0.2, -0.15) is 21.0 Å². The monoisotopic (exact) mass is 308 g/mol. The highest BCUT2D eigenvalue weighted by atomic mass is 16.5. The summed E-state index contributed by atoms with van der Waals surface area (Å²) < 4.78 is 4.77. The normalized spacial score (nSPS) is 16.2. The molecule has 10 nitrogen and oxygen atoms in total. The number of rotatable bonds is 8. The smallest absolute Gasteiger partial charge is 0.271 e. The second-order valence-corrected chi connectivity index (χ2v) is 4.10. The predicted molar refractivity (Wildman–Crippen MR) is 64.7 cm³/mol. The number of aldehydes is 1. The summed E-state index contributed by atoms with van der Waals surface area (Å²) in [6.45, 7) is -0.940. The van der Waals surface area contributed by atoms with Crippen LogP contribution in [-0.2, 0) is 9.53 Å². The first-order chi connectivity index (χ1) is 10.4. The van der Waals surface area contributed by atoms with Crippen molar-refractivity contribution in [2.75, 3.05) is 6.61 Å². The fraction of sp³-hybridized carbons (Fsp3) is 0.583. The van der Waals surface area contributed by atoms with E-state index in [9.17, 15) is 20.1 Å². The Morgan fingerprint density at radius 2 is 1.55 bits per heavy atom. The summed E-state index contributed by atoms with van der Waals surface area (Å²) in [5, 5.41) is 72.5. The molecule has 0 aromatic heterocycles. The van der Waals surface area contributed by atoms with Crippen molar-refractivity contribution in [3.8, 4) is 24.3 Å². The quantitative estimate of drug-likeness (QED) is 0.336. The summed E-state index contributed by atoms with van der Waals surface area (Å²) in [6.07, 6.45) is -8.04. The molecule has 0 spiro atoms. The molecule has 0 aliphatic heterocycles. The van der Waals surface area contributed by atoms with Gasteiger partial charge in [-0.15, -0.1) is 0 Å². The molecule has 0 rings (SSSR count). The highest BCUT2D eigenvalue weighted by molar-refractivity contribution is 5.58. The lowest BCUT2D eigenvalue weighted by Gasteiger charge is -2.29. The molecule has 0 heterocycles. The fourth-order valence-electron chi connectivity index (χ4n) is 1.41. The Bertz CT molecular complexity index is 526. The molecule has 0 saturated heterocycles. The number of aliphatic hydroxyl groups excluding tert-OH is 4. The third-order valence-corrected chi connectivity index (χ3v) is 2.72. The molecule has 0 aromatic carbocycles. The van der Waals surface area contributed by atoms with Crippen molar-refractivity contribution in [3.63, 3.8) is 0 Å². The number of ether oxygens (including phenoxy) is 1. The summed E-state index contributed by atoms with van der Waals surface area (Å²) >= 11 is 0. The van der Waals surface area contributed by atoms with Crippen molar-refractivity contribution >= 4 is 6.29 Å². The minimum absolute atomic E-state index is 0.0762. The van der Waals surface area contributed by atoms with Crippen molar-refractivity contribution in [3.05, 3.63) is 0 Å². The maximum atomic E-state index is 10.9. The molecule has 0 radical (unpaired) electrons. The first-order valence-corrected chi connectivity index (χ1v) is 5.77. The molecule has 0 aromatic rings. The zero-order valence-corrected chi connectivity index (χ0v) is 11.1. The lowest BCUT2D eigenvalue weighted by molar-refractivity contribution is -0.160. The van der Waals surface area contributed by atoms with Crippen LogP contribution in [0.3, 0.4) is 0 Å². The van der Waals surface area contributed by atoms with Crippen LogP contribution in [0.15, 0.2) is 0 Å². The molecular weight excluding hydrogens is 296 g/mol. The van der Waals surface area contributed by atoms with Gasteiger partial charge >= 0.3 is 0 Å². The molecule has 0 saturated carbocycles. The summed E-state index contributed by atoms with van der Waals surface area (Å²) in [5.41, 5.74) is -2.68. The van der Waals surface area contributed by atoms with Crippen molar-refractivity contribution in [1.82, 2.24) is 0 Å². The van der Waals surface area contributed by atoms with Gasteiger partial charge < -0.3 is 30.0 Å². The summed E-state index contributed by atoms with van der Waals surface area (Å²) in [4.78, 5) is 10.9. The van der Waals surface area contributed by atoms with E-state index in [1.165, 1.54) is 24.3 Å². The topological polar surface area (TPSA) is 202 Å². The van der Waals surface area contributed by atoms with Gasteiger partial charge in [0.25, 0.3) is 5.60 Å². The number of aliphatic hydroxyl groups is 4. The number of carbonyl (C=O) groups excluding carboxylic acids is 1. The molecule has 0 aliphatic rings. The van der Waals surface area contributed by atoms with E-state index in [-0.39, 0.29) is 6.29 Å². The fourth-order valence-corrected chi connectivity index (χ4v) is 1.41. The molecule has 22 heavy (non-hydrogen) atoms. The molecule has 0 unspecified atom stereocenters. The maximum Gasteiger partial charge on any atom is 0.271 e. The molecular formula is C12H12N4O6. The van der Waals surface area contributed by atoms with Crippen LogP contribution < -0.4 is 0 Å². The molecule has 4 N–H and O–H groups in total. The number of nitriles is 4. The highest BCUT2D eigenvalue weighted by Crippen LogP contribution is 2.24. The van der Waals surface area contributed by atoms with E-state index in [1.807, 2.05) is 0 Å². The van der Waals surface area contributed by atoms with Crippen LogP contribution in [0.2, 0.25) is 0 Å². The van der Waals surface area contributed by atoms with Crippen LogP contribution >= 0.6 is 0 Å². The zero-order valence-electron chi connectivity index (χ0n) is 11.1. The molecule has 4 atom stereocenters. The second kappa shape index (κ2) is 8.66. The van der Waals surface area contributed by atoms with E-state index >= 15 is 0 Å². The summed E-state index contributed by atoms with van der Waals surface area (Å²) in [7, 11) is 0. The molecule has 0 amide bonds. The van der Waals surface area contributed by atoms with Crippen LogP contribution in [0.25, 0.3) is 0 Å². The minimum Gasteiger partial charge on any atom is -0.394 e. The third kappa shape index (κ3) is 3.97. The van der Waals surface area contributed by atoms with Gasteiger partial charge in [0.15, 0.2) is 12.2 Å². The standard InChI is InChI=1S/C12H12N4O6/c13-1-7(2-14)12(5-15,6-16)22-9(4-18)11(21)10(20)8(19)3-17/h4,7-11,17,19-21H,3H2/t8-,9+,10-,11-/m1/s1. The van der Waals surface area contributed by atoms with Crippen LogP contribution in [-0.4, -0.2) is 63.3 Å². The summed E-state index contributed by atoms with van der Waals surface area (Å²) in [6, 6.07) is 5.25. The van der Waals surface area contributed by atoms with E-state index in [1.54, 1.807) is 0 Å². The van der Waals surface area contributed by atoms with Gasteiger partial charge in [-0.05, 0) is 0 Å². The van der Waals surface area contributed by atoms with Gasteiger partial charge in [0, 0.05) is 0 Å². The Balaban J connectivity index is 5.49. The SMILES string of the molecule is N#CC(C#N)C(C#N)(C#N)O[C@@H](C=O)[C@@H](O)[C@H](O)[C@H](O)CO. The van der Waals surface area contributed by atoms with Crippen LogP contribution in [0, 0.1) is 51.2 Å². The molecule has 0 aliphatic carbocycles. The largest absolute Gasteiger partial charge is 0.394 e. The Morgan fingerprint density at radius 1 is 1.05 bits per heavy atom. The average molecular weight is 308 g/mol. The zero-order chi connectivity index (χ0) is 17.3. The van der Waals surface area contributed by atoms with Gasteiger partial charge in [0.05, 0.1) is 18.7 Å². The lowest BCUT2D eigenvalue weighted by Crippen LogP contribution is -2.51. The Hall–Kier alpha value is -2.57. The molecule has 0 fully saturated rings. The lowest BCUT2D eigenvalue weighted by atomic mass is 9.91. The average Bonchev–Trinajstić information content (AvgIpc) is 2.56. The van der Waals surface area contributed by atoms with E-state index in [4.69, 9.17) is 30.9 Å². The second-order valence-electron chi connectivity index (χ2n) is 4.10. The Morgan fingerprint density at radius 3 is 1.86 bits per heavy atom. The van der Waals surface area contributed by atoms with E-state index in [0.717, 1.165) is 0 Å². The van der Waals surface area contributed by atoms with Gasteiger partial charge in [0.1, 0.15) is 36.6 Å². The van der Waals surface area contributed by atoms with Gasteiger partial charge in [0.2, 0.25) is 0 Å². The summed E-state index contributed by atoms with van der Waals surface area (Å²) in [5.74, 6) is -1.89. The number of hydrogen-bond donors (Lipinski definition) is 4. The number of carbonyl (C=O) groups is 1. The molecule has 0 bridgehead atoms. The van der Waals surface area contributed by atoms with Crippen molar-refractivity contribution < 1.29 is 30.0 Å². The van der Waals surface area contributed by atoms with E-state index < -0.39 is 42.5 Å². The minimum atomic E-state index is -2.68.